The molecule has 3 saturated carbocycles. The van der Waals surface area contributed by atoms with E-state index in [9.17, 15) is 27.2 Å². The highest BCUT2D eigenvalue weighted by atomic mass is 35.5. The van der Waals surface area contributed by atoms with Crippen molar-refractivity contribution in [1.29, 1.82) is 0 Å². The molecule has 3 fully saturated rings. The number of amides is 2. The molecular weight excluding hydrogens is 484 g/mol. The Bertz CT molecular complexity index is 1060. The minimum atomic E-state index is -4.34. The Labute approximate surface area is 196 Å². The number of halogens is 5. The zero-order valence-electron chi connectivity index (χ0n) is 17.1. The summed E-state index contributed by atoms with van der Waals surface area (Å²) in [5, 5.41) is 5.66. The Morgan fingerprint density at radius 1 is 1.09 bits per heavy atom. The van der Waals surface area contributed by atoms with Gasteiger partial charge in [-0.15, -0.1) is 0 Å². The topological polar surface area (TPSA) is 67.4 Å². The van der Waals surface area contributed by atoms with Crippen LogP contribution >= 0.6 is 23.4 Å². The summed E-state index contributed by atoms with van der Waals surface area (Å²) in [7, 11) is 0. The van der Waals surface area contributed by atoms with E-state index in [0.717, 1.165) is 6.07 Å². The molecule has 2 N–H and O–H groups in total. The third-order valence-corrected chi connectivity index (χ3v) is 6.83. The van der Waals surface area contributed by atoms with E-state index in [-0.39, 0.29) is 52.4 Å². The van der Waals surface area contributed by atoms with E-state index in [1.165, 1.54) is 24.3 Å². The van der Waals surface area contributed by atoms with Gasteiger partial charge in [-0.2, -0.15) is 13.2 Å². The van der Waals surface area contributed by atoms with Gasteiger partial charge in [-0.05, 0) is 60.9 Å². The summed E-state index contributed by atoms with van der Waals surface area (Å²) in [5.74, 6) is -0.959. The molecule has 0 heterocycles. The van der Waals surface area contributed by atoms with E-state index in [1.807, 2.05) is 0 Å². The number of carbonyl (C=O) groups excluding carboxylic acids is 2. The maximum absolute atomic E-state index is 13.4. The van der Waals surface area contributed by atoms with Crippen LogP contribution in [0.5, 0.6) is 5.75 Å². The highest BCUT2D eigenvalue weighted by Gasteiger charge is 2.72. The van der Waals surface area contributed by atoms with Crippen molar-refractivity contribution in [3.8, 4) is 5.75 Å². The number of alkyl halides is 3. The number of ether oxygens (including phenoxy) is 1. The van der Waals surface area contributed by atoms with Crippen molar-refractivity contribution < 1.29 is 31.9 Å². The lowest BCUT2D eigenvalue weighted by Gasteiger charge is -2.69. The summed E-state index contributed by atoms with van der Waals surface area (Å²) in [6, 6.07) is 9.72. The quantitative estimate of drug-likeness (QED) is 0.401. The van der Waals surface area contributed by atoms with E-state index in [0.29, 0.717) is 24.8 Å². The number of benzene rings is 2. The van der Waals surface area contributed by atoms with Crippen molar-refractivity contribution in [2.75, 3.05) is 6.61 Å². The standard InChI is InChI=1S/C22H19ClF4N2O3S/c23-16-6-3-14(7-17(16)24)32-9-18(30)29-21-10-20(11-21,12-21)19(31)28-8-13-1-4-15(5-2-13)33-22(25,26)27/h1-7H,8-12H2,(H,28,31)(H,29,30). The zero-order chi connectivity index (χ0) is 23.9. The first-order valence-corrected chi connectivity index (χ1v) is 11.2. The van der Waals surface area contributed by atoms with Crippen LogP contribution in [0.1, 0.15) is 24.8 Å². The van der Waals surface area contributed by atoms with Crippen molar-refractivity contribution in [2.24, 2.45) is 5.41 Å². The first-order valence-electron chi connectivity index (χ1n) is 10.00. The van der Waals surface area contributed by atoms with E-state index < -0.39 is 22.3 Å². The van der Waals surface area contributed by atoms with Gasteiger partial charge in [0, 0.05) is 23.0 Å². The van der Waals surface area contributed by atoms with Crippen LogP contribution in [0.2, 0.25) is 5.02 Å². The lowest BCUT2D eigenvalue weighted by Crippen LogP contribution is -2.78. The minimum absolute atomic E-state index is 0.0401. The molecule has 3 aliphatic rings. The second-order valence-electron chi connectivity index (χ2n) is 8.38. The van der Waals surface area contributed by atoms with Gasteiger partial charge in [-0.3, -0.25) is 9.59 Å². The molecular formula is C22H19ClF4N2O3S. The molecule has 176 valence electrons. The molecule has 0 saturated heterocycles. The zero-order valence-corrected chi connectivity index (χ0v) is 18.7. The summed E-state index contributed by atoms with van der Waals surface area (Å²) >= 11 is 5.42. The number of carbonyl (C=O) groups is 2. The highest BCUT2D eigenvalue weighted by Crippen LogP contribution is 2.67. The van der Waals surface area contributed by atoms with E-state index in [2.05, 4.69) is 10.6 Å². The Hall–Kier alpha value is -2.46. The SMILES string of the molecule is O=C(COc1ccc(Cl)c(F)c1)NC12CC(C(=O)NCc3ccc(SC(F)(F)F)cc3)(C1)C2. The van der Waals surface area contributed by atoms with E-state index in [4.69, 9.17) is 16.3 Å². The fourth-order valence-corrected chi connectivity index (χ4v) is 5.04. The Kier molecular flexibility index (Phi) is 6.26. The van der Waals surface area contributed by atoms with Crippen LogP contribution in [0, 0.1) is 11.2 Å². The minimum Gasteiger partial charge on any atom is -0.484 e. The van der Waals surface area contributed by atoms with Gasteiger partial charge in [0.15, 0.2) is 6.61 Å². The molecule has 2 aromatic carbocycles. The normalized spacial score (nSPS) is 23.2. The molecule has 0 radical (unpaired) electrons. The fourth-order valence-electron chi connectivity index (χ4n) is 4.39. The predicted molar refractivity (Wildman–Crippen MR) is 114 cm³/mol. The molecule has 0 aliphatic heterocycles. The number of hydrogen-bond acceptors (Lipinski definition) is 4. The first kappa shape index (κ1) is 23.7. The monoisotopic (exact) mass is 502 g/mol. The number of thioether (sulfide) groups is 1. The molecule has 11 heteroatoms. The smallest absolute Gasteiger partial charge is 0.446 e. The Morgan fingerprint density at radius 3 is 2.36 bits per heavy atom. The average molecular weight is 503 g/mol. The van der Waals surface area contributed by atoms with Gasteiger partial charge in [-0.25, -0.2) is 4.39 Å². The van der Waals surface area contributed by atoms with Gasteiger partial charge in [0.05, 0.1) is 10.4 Å². The third kappa shape index (κ3) is 5.38. The van der Waals surface area contributed by atoms with Crippen molar-refractivity contribution in [1.82, 2.24) is 10.6 Å². The van der Waals surface area contributed by atoms with Crippen molar-refractivity contribution >= 4 is 35.2 Å². The van der Waals surface area contributed by atoms with Gasteiger partial charge < -0.3 is 15.4 Å². The van der Waals surface area contributed by atoms with Gasteiger partial charge in [-0.1, -0.05) is 23.7 Å². The molecule has 3 aliphatic carbocycles. The molecule has 0 atom stereocenters. The van der Waals surface area contributed by atoms with Crippen molar-refractivity contribution in [3.63, 3.8) is 0 Å². The highest BCUT2D eigenvalue weighted by molar-refractivity contribution is 8.00. The average Bonchev–Trinajstić information content (AvgIpc) is 2.68. The van der Waals surface area contributed by atoms with Crippen LogP contribution in [0.15, 0.2) is 47.4 Å². The van der Waals surface area contributed by atoms with Crippen molar-refractivity contribution in [2.45, 2.75) is 41.7 Å². The molecule has 0 unspecified atom stereocenters. The van der Waals surface area contributed by atoms with Gasteiger partial charge >= 0.3 is 5.51 Å². The summed E-state index contributed by atoms with van der Waals surface area (Å²) in [6.07, 6.45) is 1.52. The number of hydrogen-bond donors (Lipinski definition) is 2. The van der Waals surface area contributed by atoms with Crippen LogP contribution in [-0.2, 0) is 16.1 Å². The van der Waals surface area contributed by atoms with E-state index >= 15 is 0 Å². The molecule has 33 heavy (non-hydrogen) atoms. The van der Waals surface area contributed by atoms with Gasteiger partial charge in [0.1, 0.15) is 11.6 Å². The third-order valence-electron chi connectivity index (χ3n) is 5.79. The maximum Gasteiger partial charge on any atom is 0.446 e. The molecule has 2 bridgehead atoms. The summed E-state index contributed by atoms with van der Waals surface area (Å²) in [5.41, 5.74) is -4.61. The van der Waals surface area contributed by atoms with Gasteiger partial charge in [0.25, 0.3) is 5.91 Å². The van der Waals surface area contributed by atoms with Crippen LogP contribution < -0.4 is 15.4 Å². The van der Waals surface area contributed by atoms with Crippen LogP contribution in [0.3, 0.4) is 0 Å². The molecule has 0 aromatic heterocycles. The lowest BCUT2D eigenvalue weighted by molar-refractivity contribution is -0.184. The number of rotatable bonds is 8. The van der Waals surface area contributed by atoms with Crippen molar-refractivity contribution in [3.05, 3.63) is 58.9 Å². The molecule has 5 rings (SSSR count). The van der Waals surface area contributed by atoms with Crippen LogP contribution in [0.4, 0.5) is 17.6 Å². The number of nitrogens with one attached hydrogen (secondary N) is 2. The molecule has 0 spiro atoms. The molecule has 2 amide bonds. The Morgan fingerprint density at radius 2 is 1.76 bits per heavy atom. The molecule has 5 nitrogen and oxygen atoms in total. The predicted octanol–water partition coefficient (Wildman–Crippen LogP) is 4.83. The summed E-state index contributed by atoms with van der Waals surface area (Å²) in [6.45, 7) is -0.0764. The summed E-state index contributed by atoms with van der Waals surface area (Å²) in [4.78, 5) is 24.8. The largest absolute Gasteiger partial charge is 0.484 e. The maximum atomic E-state index is 13.4. The van der Waals surface area contributed by atoms with Crippen LogP contribution in [0.25, 0.3) is 0 Å². The summed E-state index contributed by atoms with van der Waals surface area (Å²) < 4.78 is 55.9. The van der Waals surface area contributed by atoms with Crippen LogP contribution in [-0.4, -0.2) is 29.5 Å². The first-order chi connectivity index (χ1) is 15.5. The Balaban J connectivity index is 1.19. The fraction of sp³-hybridized carbons (Fsp3) is 0.364. The second kappa shape index (κ2) is 8.72. The lowest BCUT2D eigenvalue weighted by atomic mass is 9.39. The van der Waals surface area contributed by atoms with E-state index in [1.54, 1.807) is 12.1 Å². The van der Waals surface area contributed by atoms with Gasteiger partial charge in [0.2, 0.25) is 5.91 Å². The second-order valence-corrected chi connectivity index (χ2v) is 9.92. The molecule has 2 aromatic rings.